The quantitative estimate of drug-likeness (QED) is 0.809. The molecule has 0 fully saturated rings. The molecule has 0 bridgehead atoms. The minimum atomic E-state index is -0.205. The van der Waals surface area contributed by atoms with Crippen LogP contribution in [0.4, 0.5) is 0 Å². The van der Waals surface area contributed by atoms with Crippen molar-refractivity contribution in [2.24, 2.45) is 0 Å². The highest BCUT2D eigenvalue weighted by molar-refractivity contribution is 7.14. The summed E-state index contributed by atoms with van der Waals surface area (Å²) in [5, 5.41) is 6.05. The second kappa shape index (κ2) is 6.01. The van der Waals surface area contributed by atoms with Crippen LogP contribution in [0.2, 0.25) is 0 Å². The lowest BCUT2D eigenvalue weighted by Crippen LogP contribution is -2.10. The van der Waals surface area contributed by atoms with E-state index in [0.29, 0.717) is 12.8 Å². The summed E-state index contributed by atoms with van der Waals surface area (Å²) in [6, 6.07) is 0. The SMILES string of the molecule is COC(=O)CCc1csc(-c2csc(C(C)(C)C)n2)n1. The molecule has 0 aromatic carbocycles. The predicted molar refractivity (Wildman–Crippen MR) is 82.3 cm³/mol. The highest BCUT2D eigenvalue weighted by atomic mass is 32.1. The van der Waals surface area contributed by atoms with Gasteiger partial charge in [0.2, 0.25) is 0 Å². The zero-order chi connectivity index (χ0) is 14.8. The highest BCUT2D eigenvalue weighted by Gasteiger charge is 2.19. The van der Waals surface area contributed by atoms with Crippen LogP contribution in [0.5, 0.6) is 0 Å². The lowest BCUT2D eigenvalue weighted by Gasteiger charge is -2.13. The van der Waals surface area contributed by atoms with Crippen LogP contribution in [-0.4, -0.2) is 23.0 Å². The van der Waals surface area contributed by atoms with Crippen LogP contribution in [-0.2, 0) is 21.4 Å². The van der Waals surface area contributed by atoms with Gasteiger partial charge in [0.15, 0.2) is 0 Å². The number of methoxy groups -OCH3 is 1. The van der Waals surface area contributed by atoms with Gasteiger partial charge in [-0.3, -0.25) is 4.79 Å². The van der Waals surface area contributed by atoms with Crippen molar-refractivity contribution in [3.8, 4) is 10.7 Å². The number of nitrogens with zero attached hydrogens (tertiary/aromatic N) is 2. The normalized spacial score (nSPS) is 11.6. The number of aryl methyl sites for hydroxylation is 1. The third-order valence-corrected chi connectivity index (χ3v) is 4.91. The first-order chi connectivity index (χ1) is 9.40. The number of ether oxygens (including phenoxy) is 1. The molecule has 6 heteroatoms. The average Bonchev–Trinajstić information content (AvgIpc) is 3.03. The Morgan fingerprint density at radius 1 is 1.25 bits per heavy atom. The van der Waals surface area contributed by atoms with Crippen LogP contribution in [0, 0.1) is 0 Å². The van der Waals surface area contributed by atoms with Gasteiger partial charge >= 0.3 is 5.97 Å². The molecule has 0 spiro atoms. The molecule has 2 rings (SSSR count). The van der Waals surface area contributed by atoms with E-state index >= 15 is 0 Å². The Kier molecular flexibility index (Phi) is 4.55. The summed E-state index contributed by atoms with van der Waals surface area (Å²) in [5.41, 5.74) is 1.91. The standard InChI is InChI=1S/C14H18N2O2S2/c1-14(2,3)13-16-10(8-20-13)12-15-9(7-19-12)5-6-11(17)18-4/h7-8H,5-6H2,1-4H3. The summed E-state index contributed by atoms with van der Waals surface area (Å²) >= 11 is 3.23. The van der Waals surface area contributed by atoms with Crippen LogP contribution in [0.15, 0.2) is 10.8 Å². The van der Waals surface area contributed by atoms with Crippen molar-refractivity contribution < 1.29 is 9.53 Å². The van der Waals surface area contributed by atoms with Crippen LogP contribution >= 0.6 is 22.7 Å². The second-order valence-corrected chi connectivity index (χ2v) is 7.22. The van der Waals surface area contributed by atoms with Crippen LogP contribution in [0.1, 0.15) is 37.9 Å². The maximum absolute atomic E-state index is 11.1. The lowest BCUT2D eigenvalue weighted by molar-refractivity contribution is -0.140. The molecule has 0 N–H and O–H groups in total. The topological polar surface area (TPSA) is 52.1 Å². The number of esters is 1. The largest absolute Gasteiger partial charge is 0.469 e. The minimum Gasteiger partial charge on any atom is -0.469 e. The van der Waals surface area contributed by atoms with Crippen LogP contribution in [0.25, 0.3) is 10.7 Å². The third kappa shape index (κ3) is 3.64. The molecule has 0 aliphatic rings. The first-order valence-corrected chi connectivity index (χ1v) is 8.13. The third-order valence-electron chi connectivity index (χ3n) is 2.73. The monoisotopic (exact) mass is 310 g/mol. The molecular formula is C14H18N2O2S2. The number of thiazole rings is 2. The number of hydrogen-bond acceptors (Lipinski definition) is 6. The molecule has 2 heterocycles. The van der Waals surface area contributed by atoms with E-state index in [9.17, 15) is 4.79 Å². The Morgan fingerprint density at radius 2 is 2.00 bits per heavy atom. The van der Waals surface area contributed by atoms with Crippen molar-refractivity contribution in [2.75, 3.05) is 7.11 Å². The predicted octanol–water partition coefficient (Wildman–Crippen LogP) is 3.67. The van der Waals surface area contributed by atoms with Gasteiger partial charge in [-0.15, -0.1) is 22.7 Å². The lowest BCUT2D eigenvalue weighted by atomic mass is 9.98. The molecule has 0 unspecified atom stereocenters. The second-order valence-electron chi connectivity index (χ2n) is 5.51. The van der Waals surface area contributed by atoms with Gasteiger partial charge in [0.25, 0.3) is 0 Å². The summed E-state index contributed by atoms with van der Waals surface area (Å²) in [4.78, 5) is 20.3. The Morgan fingerprint density at radius 3 is 2.60 bits per heavy atom. The number of hydrogen-bond donors (Lipinski definition) is 0. The van der Waals surface area contributed by atoms with E-state index in [0.717, 1.165) is 21.4 Å². The maximum Gasteiger partial charge on any atom is 0.305 e. The molecular weight excluding hydrogens is 292 g/mol. The molecule has 2 aromatic heterocycles. The number of carbonyl (C=O) groups is 1. The van der Waals surface area contributed by atoms with Crippen molar-refractivity contribution in [3.05, 3.63) is 21.5 Å². The van der Waals surface area contributed by atoms with Gasteiger partial charge in [0.05, 0.1) is 24.2 Å². The molecule has 0 atom stereocenters. The Balaban J connectivity index is 2.09. The van der Waals surface area contributed by atoms with Gasteiger partial charge in [-0.2, -0.15) is 0 Å². The van der Waals surface area contributed by atoms with Gasteiger partial charge < -0.3 is 4.74 Å². The number of rotatable bonds is 4. The van der Waals surface area contributed by atoms with E-state index in [1.54, 1.807) is 22.7 Å². The first kappa shape index (κ1) is 15.1. The Hall–Kier alpha value is -1.27. The smallest absolute Gasteiger partial charge is 0.305 e. The number of carbonyl (C=O) groups excluding carboxylic acids is 1. The van der Waals surface area contributed by atoms with Crippen molar-refractivity contribution in [1.29, 1.82) is 0 Å². The van der Waals surface area contributed by atoms with E-state index in [1.165, 1.54) is 7.11 Å². The molecule has 0 saturated carbocycles. The summed E-state index contributed by atoms with van der Waals surface area (Å²) in [6.07, 6.45) is 0.976. The molecule has 108 valence electrons. The molecule has 0 aliphatic heterocycles. The Bertz CT molecular complexity index is 596. The van der Waals surface area contributed by atoms with Gasteiger partial charge in [0, 0.05) is 22.6 Å². The number of aromatic nitrogens is 2. The van der Waals surface area contributed by atoms with E-state index in [4.69, 9.17) is 0 Å². The van der Waals surface area contributed by atoms with Crippen molar-refractivity contribution in [1.82, 2.24) is 9.97 Å². The zero-order valence-electron chi connectivity index (χ0n) is 12.1. The van der Waals surface area contributed by atoms with Gasteiger partial charge in [-0.25, -0.2) is 9.97 Å². The van der Waals surface area contributed by atoms with E-state index in [-0.39, 0.29) is 11.4 Å². The summed E-state index contributed by atoms with van der Waals surface area (Å²) in [5.74, 6) is -0.205. The molecule has 0 amide bonds. The minimum absolute atomic E-state index is 0.0634. The summed E-state index contributed by atoms with van der Waals surface area (Å²) in [7, 11) is 1.40. The van der Waals surface area contributed by atoms with E-state index in [2.05, 4.69) is 35.5 Å². The highest BCUT2D eigenvalue weighted by Crippen LogP contribution is 2.31. The van der Waals surface area contributed by atoms with Crippen LogP contribution < -0.4 is 0 Å². The molecule has 2 aromatic rings. The van der Waals surface area contributed by atoms with E-state index in [1.807, 2.05) is 10.8 Å². The fourth-order valence-electron chi connectivity index (χ4n) is 1.59. The molecule has 0 saturated heterocycles. The van der Waals surface area contributed by atoms with E-state index < -0.39 is 0 Å². The van der Waals surface area contributed by atoms with Gasteiger partial charge in [-0.05, 0) is 0 Å². The zero-order valence-corrected chi connectivity index (χ0v) is 13.7. The van der Waals surface area contributed by atoms with Crippen LogP contribution in [0.3, 0.4) is 0 Å². The van der Waals surface area contributed by atoms with Crippen molar-refractivity contribution >= 4 is 28.6 Å². The van der Waals surface area contributed by atoms with Gasteiger partial charge in [0.1, 0.15) is 10.7 Å². The van der Waals surface area contributed by atoms with Crippen molar-refractivity contribution in [3.63, 3.8) is 0 Å². The molecule has 4 nitrogen and oxygen atoms in total. The fourth-order valence-corrected chi connectivity index (χ4v) is 3.37. The molecule has 0 aliphatic carbocycles. The van der Waals surface area contributed by atoms with Crippen molar-refractivity contribution in [2.45, 2.75) is 39.0 Å². The average molecular weight is 310 g/mol. The molecule has 20 heavy (non-hydrogen) atoms. The van der Waals surface area contributed by atoms with Gasteiger partial charge in [-0.1, -0.05) is 20.8 Å². The molecule has 0 radical (unpaired) electrons. The fraction of sp³-hybridized carbons (Fsp3) is 0.500. The Labute approximate surface area is 126 Å². The maximum atomic E-state index is 11.1. The first-order valence-electron chi connectivity index (χ1n) is 6.38. The summed E-state index contributed by atoms with van der Waals surface area (Å²) in [6.45, 7) is 6.46. The summed E-state index contributed by atoms with van der Waals surface area (Å²) < 4.78 is 4.63.